The van der Waals surface area contributed by atoms with E-state index in [9.17, 15) is 0 Å². The lowest BCUT2D eigenvalue weighted by atomic mass is 9.97. The van der Waals surface area contributed by atoms with Gasteiger partial charge in [-0.2, -0.15) is 0 Å². The molecule has 1 rings (SSSR count). The highest BCUT2D eigenvalue weighted by molar-refractivity contribution is 5.68. The summed E-state index contributed by atoms with van der Waals surface area (Å²) >= 11 is 0. The van der Waals surface area contributed by atoms with Crippen LogP contribution in [0.3, 0.4) is 0 Å². The van der Waals surface area contributed by atoms with Crippen LogP contribution < -0.4 is 0 Å². The Bertz CT molecular complexity index is 286. The summed E-state index contributed by atoms with van der Waals surface area (Å²) in [7, 11) is 0. The second-order valence-corrected chi connectivity index (χ2v) is 2.93. The Labute approximate surface area is 88.0 Å². The van der Waals surface area contributed by atoms with Crippen LogP contribution in [-0.4, -0.2) is 0 Å². The van der Waals surface area contributed by atoms with Crippen molar-refractivity contribution in [1.82, 2.24) is 0 Å². The van der Waals surface area contributed by atoms with Gasteiger partial charge in [-0.25, -0.2) is 0 Å². The summed E-state index contributed by atoms with van der Waals surface area (Å²) in [6, 6.07) is 4.22. The van der Waals surface area contributed by atoms with E-state index >= 15 is 0 Å². The summed E-state index contributed by atoms with van der Waals surface area (Å²) in [5, 5.41) is 0. The Hall–Kier alpha value is -1.30. The number of rotatable bonds is 2. The molecule has 76 valence electrons. The SMILES string of the molecule is C=Cc1c(C)ccc(C)c1C=C.CC. The Morgan fingerprint density at radius 1 is 0.857 bits per heavy atom. The van der Waals surface area contributed by atoms with E-state index in [-0.39, 0.29) is 0 Å². The van der Waals surface area contributed by atoms with Gasteiger partial charge < -0.3 is 0 Å². The zero-order valence-corrected chi connectivity index (χ0v) is 9.72. The Kier molecular flexibility index (Phi) is 5.62. The molecule has 0 amide bonds. The zero-order chi connectivity index (χ0) is 11.1. The van der Waals surface area contributed by atoms with Gasteiger partial charge in [0.05, 0.1) is 0 Å². The second kappa shape index (κ2) is 6.20. The van der Waals surface area contributed by atoms with Crippen LogP contribution in [0.4, 0.5) is 0 Å². The first-order valence-corrected chi connectivity index (χ1v) is 5.05. The van der Waals surface area contributed by atoms with Crippen molar-refractivity contribution in [2.45, 2.75) is 27.7 Å². The van der Waals surface area contributed by atoms with Crippen molar-refractivity contribution >= 4 is 12.2 Å². The van der Waals surface area contributed by atoms with E-state index in [1.807, 2.05) is 26.0 Å². The molecule has 0 heterocycles. The highest BCUT2D eigenvalue weighted by atomic mass is 14.1. The fourth-order valence-corrected chi connectivity index (χ4v) is 1.40. The van der Waals surface area contributed by atoms with Crippen molar-refractivity contribution in [3.63, 3.8) is 0 Å². The normalized spacial score (nSPS) is 8.57. The predicted octanol–water partition coefficient (Wildman–Crippen LogP) is 4.62. The minimum atomic E-state index is 1.20. The standard InChI is InChI=1S/C12H14.C2H6/c1-5-11-9(3)7-8-10(4)12(11)6-2;1-2/h5-8H,1-2H2,3-4H3;1-2H3. The zero-order valence-electron chi connectivity index (χ0n) is 9.72. The van der Waals surface area contributed by atoms with Crippen molar-refractivity contribution < 1.29 is 0 Å². The van der Waals surface area contributed by atoms with Gasteiger partial charge in [-0.15, -0.1) is 0 Å². The van der Waals surface area contributed by atoms with Crippen LogP contribution in [0, 0.1) is 13.8 Å². The molecule has 0 radical (unpaired) electrons. The van der Waals surface area contributed by atoms with Crippen molar-refractivity contribution in [2.75, 3.05) is 0 Å². The summed E-state index contributed by atoms with van der Waals surface area (Å²) in [5.74, 6) is 0. The Morgan fingerprint density at radius 3 is 1.36 bits per heavy atom. The molecule has 1 aromatic carbocycles. The Balaban J connectivity index is 0.000000791. The first-order chi connectivity index (χ1) is 6.70. The molecule has 1 aromatic rings. The smallest absolute Gasteiger partial charge is 0.0158 e. The molecule has 0 aliphatic carbocycles. The first-order valence-electron chi connectivity index (χ1n) is 5.05. The predicted molar refractivity (Wildman–Crippen MR) is 67.4 cm³/mol. The number of aryl methyl sites for hydroxylation is 2. The minimum Gasteiger partial charge on any atom is -0.0984 e. The molecule has 0 aliphatic heterocycles. The molecule has 0 unspecified atom stereocenters. The van der Waals surface area contributed by atoms with Gasteiger partial charge >= 0.3 is 0 Å². The average Bonchev–Trinajstić information content (AvgIpc) is 2.24. The van der Waals surface area contributed by atoms with Crippen molar-refractivity contribution in [1.29, 1.82) is 0 Å². The van der Waals surface area contributed by atoms with Crippen molar-refractivity contribution in [3.8, 4) is 0 Å². The third kappa shape index (κ3) is 2.59. The fourth-order valence-electron chi connectivity index (χ4n) is 1.40. The van der Waals surface area contributed by atoms with Crippen LogP contribution in [0.2, 0.25) is 0 Å². The molecule has 0 aromatic heterocycles. The summed E-state index contributed by atoms with van der Waals surface area (Å²) in [6.45, 7) is 15.8. The highest BCUT2D eigenvalue weighted by Crippen LogP contribution is 2.20. The van der Waals surface area contributed by atoms with Gasteiger partial charge in [0.2, 0.25) is 0 Å². The van der Waals surface area contributed by atoms with E-state index in [1.165, 1.54) is 22.3 Å². The lowest BCUT2D eigenvalue weighted by Crippen LogP contribution is -1.89. The van der Waals surface area contributed by atoms with E-state index in [1.54, 1.807) is 0 Å². The molecular weight excluding hydrogens is 168 g/mol. The molecule has 0 spiro atoms. The number of benzene rings is 1. The topological polar surface area (TPSA) is 0 Å². The van der Waals surface area contributed by atoms with Crippen molar-refractivity contribution in [3.05, 3.63) is 47.5 Å². The molecule has 0 bridgehead atoms. The fraction of sp³-hybridized carbons (Fsp3) is 0.286. The van der Waals surface area contributed by atoms with E-state index < -0.39 is 0 Å². The molecule has 0 aliphatic rings. The lowest BCUT2D eigenvalue weighted by Gasteiger charge is -2.07. The molecule has 0 saturated heterocycles. The van der Waals surface area contributed by atoms with E-state index in [4.69, 9.17) is 0 Å². The largest absolute Gasteiger partial charge is 0.0984 e. The van der Waals surface area contributed by atoms with Gasteiger partial charge in [0.1, 0.15) is 0 Å². The molecule has 0 saturated carbocycles. The quantitative estimate of drug-likeness (QED) is 0.635. The maximum atomic E-state index is 3.79. The van der Waals surface area contributed by atoms with Gasteiger partial charge in [0, 0.05) is 0 Å². The van der Waals surface area contributed by atoms with Gasteiger partial charge in [-0.05, 0) is 36.1 Å². The van der Waals surface area contributed by atoms with Crippen LogP contribution in [0.5, 0.6) is 0 Å². The summed E-state index contributed by atoms with van der Waals surface area (Å²) in [6.07, 6.45) is 3.78. The number of hydrogen-bond acceptors (Lipinski definition) is 0. The molecule has 0 N–H and O–H groups in total. The van der Waals surface area contributed by atoms with Crippen LogP contribution in [0.15, 0.2) is 25.3 Å². The molecule has 0 nitrogen and oxygen atoms in total. The van der Waals surface area contributed by atoms with Crippen LogP contribution in [0.25, 0.3) is 12.2 Å². The average molecular weight is 188 g/mol. The monoisotopic (exact) mass is 188 g/mol. The number of hydrogen-bond donors (Lipinski definition) is 0. The molecule has 0 atom stereocenters. The van der Waals surface area contributed by atoms with Crippen molar-refractivity contribution in [2.24, 2.45) is 0 Å². The highest BCUT2D eigenvalue weighted by Gasteiger charge is 2.01. The van der Waals surface area contributed by atoms with Crippen LogP contribution >= 0.6 is 0 Å². The first kappa shape index (κ1) is 12.7. The maximum Gasteiger partial charge on any atom is -0.0158 e. The maximum absolute atomic E-state index is 3.79. The molecule has 0 fully saturated rings. The summed E-state index contributed by atoms with van der Waals surface area (Å²) in [5.41, 5.74) is 4.91. The lowest BCUT2D eigenvalue weighted by molar-refractivity contribution is 1.36. The molecule has 0 heteroatoms. The van der Waals surface area contributed by atoms with Crippen LogP contribution in [0.1, 0.15) is 36.1 Å². The van der Waals surface area contributed by atoms with E-state index in [0.717, 1.165) is 0 Å². The van der Waals surface area contributed by atoms with Gasteiger partial charge in [0.15, 0.2) is 0 Å². The summed E-state index contributed by atoms with van der Waals surface area (Å²) < 4.78 is 0. The van der Waals surface area contributed by atoms with E-state index in [2.05, 4.69) is 39.1 Å². The van der Waals surface area contributed by atoms with Crippen LogP contribution in [-0.2, 0) is 0 Å². The Morgan fingerprint density at radius 2 is 1.14 bits per heavy atom. The molecule has 14 heavy (non-hydrogen) atoms. The van der Waals surface area contributed by atoms with Gasteiger partial charge in [0.25, 0.3) is 0 Å². The third-order valence-electron chi connectivity index (χ3n) is 2.13. The van der Waals surface area contributed by atoms with E-state index in [0.29, 0.717) is 0 Å². The van der Waals surface area contributed by atoms with Gasteiger partial charge in [-0.1, -0.05) is 51.3 Å². The minimum absolute atomic E-state index is 1.20. The summed E-state index contributed by atoms with van der Waals surface area (Å²) in [4.78, 5) is 0. The van der Waals surface area contributed by atoms with Gasteiger partial charge in [-0.3, -0.25) is 0 Å². The third-order valence-corrected chi connectivity index (χ3v) is 2.13. The second-order valence-electron chi connectivity index (χ2n) is 2.93. The molecular formula is C14H20.